The highest BCUT2D eigenvalue weighted by atomic mass is 35.5. The summed E-state index contributed by atoms with van der Waals surface area (Å²) in [5, 5.41) is 18.2. The Morgan fingerprint density at radius 2 is 1.96 bits per heavy atom. The molecule has 0 saturated carbocycles. The minimum Gasteiger partial charge on any atom is -0.508 e. The van der Waals surface area contributed by atoms with Crippen molar-refractivity contribution in [2.45, 2.75) is 13.0 Å². The number of phenolic OH excluding ortho intramolecular Hbond substituents is 1. The van der Waals surface area contributed by atoms with E-state index in [0.29, 0.717) is 27.5 Å². The molecule has 128 valence electrons. The third kappa shape index (κ3) is 3.59. The van der Waals surface area contributed by atoms with Gasteiger partial charge in [0.1, 0.15) is 5.75 Å². The topological polar surface area (TPSA) is 90.5 Å². The van der Waals surface area contributed by atoms with Gasteiger partial charge >= 0.3 is 6.03 Å². The number of nitrogens with one attached hydrogen (secondary N) is 3. The van der Waals surface area contributed by atoms with Gasteiger partial charge in [-0.1, -0.05) is 35.9 Å². The Balaban J connectivity index is 1.97. The number of carbonyl (C=O) groups is 2. The minimum atomic E-state index is -0.691. The van der Waals surface area contributed by atoms with E-state index in [-0.39, 0.29) is 5.75 Å². The summed E-state index contributed by atoms with van der Waals surface area (Å²) in [4.78, 5) is 24.7. The highest BCUT2D eigenvalue weighted by molar-refractivity contribution is 6.33. The number of anilines is 1. The van der Waals surface area contributed by atoms with Crippen molar-refractivity contribution in [3.63, 3.8) is 0 Å². The van der Waals surface area contributed by atoms with Crippen molar-refractivity contribution in [3.8, 4) is 5.75 Å². The first kappa shape index (κ1) is 16.9. The molecular formula is C18H16ClN3O3. The molecule has 7 heteroatoms. The largest absolute Gasteiger partial charge is 0.508 e. The molecule has 3 rings (SSSR count). The first-order valence-corrected chi connectivity index (χ1v) is 7.96. The number of rotatable bonds is 3. The molecule has 1 aliphatic heterocycles. The number of urea groups is 1. The van der Waals surface area contributed by atoms with Crippen LogP contribution in [0.4, 0.5) is 10.5 Å². The molecule has 1 atom stereocenters. The molecular weight excluding hydrogens is 342 g/mol. The third-order valence-electron chi connectivity index (χ3n) is 3.84. The molecule has 2 aromatic rings. The van der Waals surface area contributed by atoms with Crippen LogP contribution in [0.5, 0.6) is 5.75 Å². The molecule has 0 saturated heterocycles. The molecule has 25 heavy (non-hydrogen) atoms. The van der Waals surface area contributed by atoms with Gasteiger partial charge in [-0.2, -0.15) is 0 Å². The van der Waals surface area contributed by atoms with Gasteiger partial charge in [0.15, 0.2) is 0 Å². The van der Waals surface area contributed by atoms with E-state index in [1.54, 1.807) is 43.3 Å². The van der Waals surface area contributed by atoms with Gasteiger partial charge in [-0.15, -0.1) is 0 Å². The Bertz CT molecular complexity index is 879. The van der Waals surface area contributed by atoms with Gasteiger partial charge in [-0.25, -0.2) is 4.79 Å². The lowest BCUT2D eigenvalue weighted by Gasteiger charge is -2.28. The standard InChI is InChI=1S/C18H16ClN3O3/c1-10-15(17(24)21-14-8-3-2-7-13(14)19)16(22-18(25)20-10)11-5-4-6-12(23)9-11/h2-9,16,23H,1H3,(H,21,24)(H2,20,22,25)/t16-/m0/s1. The van der Waals surface area contributed by atoms with Crippen molar-refractivity contribution >= 4 is 29.2 Å². The Morgan fingerprint density at radius 1 is 1.20 bits per heavy atom. The fourth-order valence-corrected chi connectivity index (χ4v) is 2.88. The maximum atomic E-state index is 12.8. The summed E-state index contributed by atoms with van der Waals surface area (Å²) >= 11 is 6.09. The molecule has 0 bridgehead atoms. The molecule has 0 radical (unpaired) electrons. The molecule has 0 aliphatic carbocycles. The molecule has 4 N–H and O–H groups in total. The number of allylic oxidation sites excluding steroid dienone is 1. The van der Waals surface area contributed by atoms with Crippen LogP contribution in [0.15, 0.2) is 59.8 Å². The first-order valence-electron chi connectivity index (χ1n) is 7.59. The zero-order valence-corrected chi connectivity index (χ0v) is 14.1. The lowest BCUT2D eigenvalue weighted by Crippen LogP contribution is -2.45. The molecule has 6 nitrogen and oxygen atoms in total. The summed E-state index contributed by atoms with van der Waals surface area (Å²) in [7, 11) is 0. The molecule has 3 amide bonds. The van der Waals surface area contributed by atoms with Crippen molar-refractivity contribution in [1.29, 1.82) is 0 Å². The van der Waals surface area contributed by atoms with E-state index in [1.165, 1.54) is 12.1 Å². The van der Waals surface area contributed by atoms with Crippen LogP contribution in [-0.2, 0) is 4.79 Å². The lowest BCUT2D eigenvalue weighted by molar-refractivity contribution is -0.113. The van der Waals surface area contributed by atoms with Crippen LogP contribution in [-0.4, -0.2) is 17.0 Å². The first-order chi connectivity index (χ1) is 12.0. The van der Waals surface area contributed by atoms with Gasteiger partial charge < -0.3 is 21.1 Å². The molecule has 0 unspecified atom stereocenters. The van der Waals surface area contributed by atoms with Gasteiger partial charge in [0.25, 0.3) is 5.91 Å². The van der Waals surface area contributed by atoms with Gasteiger partial charge in [0, 0.05) is 5.70 Å². The Morgan fingerprint density at radius 3 is 2.68 bits per heavy atom. The number of hydrogen-bond acceptors (Lipinski definition) is 3. The Labute approximate surface area is 149 Å². The average Bonchev–Trinajstić information content (AvgIpc) is 2.56. The summed E-state index contributed by atoms with van der Waals surface area (Å²) in [5.41, 5.74) is 1.84. The van der Waals surface area contributed by atoms with Crippen LogP contribution >= 0.6 is 11.6 Å². The van der Waals surface area contributed by atoms with E-state index in [0.717, 1.165) is 0 Å². The maximum Gasteiger partial charge on any atom is 0.319 e. The molecule has 1 heterocycles. The van der Waals surface area contributed by atoms with E-state index >= 15 is 0 Å². The van der Waals surface area contributed by atoms with Crippen LogP contribution in [0, 0.1) is 0 Å². The fraction of sp³-hybridized carbons (Fsp3) is 0.111. The van der Waals surface area contributed by atoms with Gasteiger partial charge in [-0.05, 0) is 36.8 Å². The number of phenols is 1. The average molecular weight is 358 g/mol. The normalized spacial score (nSPS) is 16.9. The quantitative estimate of drug-likeness (QED) is 0.679. The number of carbonyl (C=O) groups excluding carboxylic acids is 2. The summed E-state index contributed by atoms with van der Waals surface area (Å²) < 4.78 is 0. The highest BCUT2D eigenvalue weighted by Gasteiger charge is 2.31. The number of aromatic hydroxyl groups is 1. The zero-order valence-electron chi connectivity index (χ0n) is 13.3. The van der Waals surface area contributed by atoms with E-state index < -0.39 is 18.0 Å². The molecule has 2 aromatic carbocycles. The Hall–Kier alpha value is -2.99. The second-order valence-corrected chi connectivity index (χ2v) is 6.01. The lowest BCUT2D eigenvalue weighted by atomic mass is 9.94. The van der Waals surface area contributed by atoms with E-state index in [4.69, 9.17) is 11.6 Å². The highest BCUT2D eigenvalue weighted by Crippen LogP contribution is 2.30. The SMILES string of the molecule is CC1=C(C(=O)Nc2ccccc2Cl)[C@H](c2cccc(O)c2)NC(=O)N1. The van der Waals surface area contributed by atoms with Crippen LogP contribution in [0.25, 0.3) is 0 Å². The smallest absolute Gasteiger partial charge is 0.319 e. The molecule has 1 aliphatic rings. The van der Waals surface area contributed by atoms with Crippen molar-refractivity contribution in [3.05, 3.63) is 70.4 Å². The van der Waals surface area contributed by atoms with Crippen molar-refractivity contribution in [2.24, 2.45) is 0 Å². The number of benzene rings is 2. The number of hydrogen-bond donors (Lipinski definition) is 4. The molecule has 0 fully saturated rings. The summed E-state index contributed by atoms with van der Waals surface area (Å²) in [5.74, 6) is -0.347. The van der Waals surface area contributed by atoms with Crippen molar-refractivity contribution in [1.82, 2.24) is 10.6 Å². The second kappa shape index (κ2) is 6.86. The Kier molecular flexibility index (Phi) is 4.63. The number of para-hydroxylation sites is 1. The van der Waals surface area contributed by atoms with Gasteiger partial charge in [0.05, 0.1) is 22.3 Å². The van der Waals surface area contributed by atoms with Crippen LogP contribution < -0.4 is 16.0 Å². The van der Waals surface area contributed by atoms with Gasteiger partial charge in [0.2, 0.25) is 0 Å². The maximum absolute atomic E-state index is 12.8. The predicted molar refractivity (Wildman–Crippen MR) is 95.3 cm³/mol. The number of halogens is 1. The van der Waals surface area contributed by atoms with Crippen molar-refractivity contribution < 1.29 is 14.7 Å². The summed E-state index contributed by atoms with van der Waals surface area (Å²) in [6.07, 6.45) is 0. The van der Waals surface area contributed by atoms with Gasteiger partial charge in [-0.3, -0.25) is 4.79 Å². The third-order valence-corrected chi connectivity index (χ3v) is 4.17. The molecule has 0 spiro atoms. The zero-order chi connectivity index (χ0) is 18.0. The monoisotopic (exact) mass is 357 g/mol. The van der Waals surface area contributed by atoms with E-state index in [9.17, 15) is 14.7 Å². The summed E-state index contributed by atoms with van der Waals surface area (Å²) in [6.45, 7) is 1.65. The second-order valence-electron chi connectivity index (χ2n) is 5.60. The minimum absolute atomic E-state index is 0.0498. The van der Waals surface area contributed by atoms with Crippen LogP contribution in [0.1, 0.15) is 18.5 Å². The summed E-state index contributed by atoms with van der Waals surface area (Å²) in [6, 6.07) is 12.2. The molecule has 0 aromatic heterocycles. The van der Waals surface area contributed by atoms with Crippen LogP contribution in [0.3, 0.4) is 0 Å². The van der Waals surface area contributed by atoms with E-state index in [2.05, 4.69) is 16.0 Å². The van der Waals surface area contributed by atoms with Crippen molar-refractivity contribution in [2.75, 3.05) is 5.32 Å². The van der Waals surface area contributed by atoms with E-state index in [1.807, 2.05) is 0 Å². The fourth-order valence-electron chi connectivity index (χ4n) is 2.70. The van der Waals surface area contributed by atoms with Crippen LogP contribution in [0.2, 0.25) is 5.02 Å². The predicted octanol–water partition coefficient (Wildman–Crippen LogP) is 3.31. The number of amides is 3.